The van der Waals surface area contributed by atoms with Crippen LogP contribution in [0.3, 0.4) is 0 Å². The van der Waals surface area contributed by atoms with E-state index in [1.807, 2.05) is 24.1 Å². The molecule has 1 aromatic rings. The van der Waals surface area contributed by atoms with E-state index in [0.29, 0.717) is 0 Å². The average Bonchev–Trinajstić information content (AvgIpc) is 2.76. The number of rotatable bonds is 4. The Morgan fingerprint density at radius 1 is 1.40 bits per heavy atom. The molecule has 0 spiro atoms. The predicted octanol–water partition coefficient (Wildman–Crippen LogP) is 0.257. The maximum Gasteiger partial charge on any atom is 0.0723 e. The molecule has 0 saturated carbocycles. The van der Waals surface area contributed by atoms with Crippen molar-refractivity contribution in [3.63, 3.8) is 0 Å². The summed E-state index contributed by atoms with van der Waals surface area (Å²) in [5.74, 6) is 0. The first-order valence-electron chi connectivity index (χ1n) is 5.39. The van der Waals surface area contributed by atoms with Crippen molar-refractivity contribution >= 4 is 5.69 Å². The fourth-order valence-corrected chi connectivity index (χ4v) is 1.68. The van der Waals surface area contributed by atoms with E-state index in [9.17, 15) is 0 Å². The first-order chi connectivity index (χ1) is 7.38. The van der Waals surface area contributed by atoms with E-state index in [2.05, 4.69) is 15.3 Å². The van der Waals surface area contributed by atoms with Crippen LogP contribution in [0.2, 0.25) is 0 Å². The molecule has 1 aliphatic heterocycles. The summed E-state index contributed by atoms with van der Waals surface area (Å²) in [6, 6.07) is 0. The van der Waals surface area contributed by atoms with Crippen LogP contribution in [0.5, 0.6) is 0 Å². The van der Waals surface area contributed by atoms with Crippen LogP contribution in [0.15, 0.2) is 12.4 Å². The van der Waals surface area contributed by atoms with E-state index < -0.39 is 0 Å². The molecule has 5 nitrogen and oxygen atoms in total. The molecule has 15 heavy (non-hydrogen) atoms. The highest BCUT2D eigenvalue weighted by molar-refractivity contribution is 5.36. The predicted molar refractivity (Wildman–Crippen MR) is 59.0 cm³/mol. The Morgan fingerprint density at radius 2 is 2.20 bits per heavy atom. The zero-order valence-corrected chi connectivity index (χ0v) is 9.15. The zero-order chi connectivity index (χ0) is 10.5. The van der Waals surface area contributed by atoms with Gasteiger partial charge in [-0.1, -0.05) is 0 Å². The molecule has 2 rings (SSSR count). The Balaban J connectivity index is 1.76. The number of ether oxygens (including phenoxy) is 1. The molecule has 0 unspecified atom stereocenters. The van der Waals surface area contributed by atoms with Crippen LogP contribution in [-0.2, 0) is 11.3 Å². The van der Waals surface area contributed by atoms with Gasteiger partial charge in [0.05, 0.1) is 31.6 Å². The standard InChI is InChI=1S/C10H18N4O/c1-11-10-8-12-14(9-10)3-2-13-4-6-15-7-5-13/h8-9,11H,2-7H2,1H3. The second-order valence-electron chi connectivity index (χ2n) is 3.70. The van der Waals surface area contributed by atoms with Crippen molar-refractivity contribution in [3.05, 3.63) is 12.4 Å². The molecule has 0 radical (unpaired) electrons. The summed E-state index contributed by atoms with van der Waals surface area (Å²) in [6.45, 7) is 5.80. The van der Waals surface area contributed by atoms with Crippen molar-refractivity contribution in [1.82, 2.24) is 14.7 Å². The van der Waals surface area contributed by atoms with Crippen LogP contribution >= 0.6 is 0 Å². The fourth-order valence-electron chi connectivity index (χ4n) is 1.68. The highest BCUT2D eigenvalue weighted by Crippen LogP contribution is 2.03. The van der Waals surface area contributed by atoms with Crippen LogP contribution in [0.25, 0.3) is 0 Å². The lowest BCUT2D eigenvalue weighted by Gasteiger charge is -2.26. The monoisotopic (exact) mass is 210 g/mol. The summed E-state index contributed by atoms with van der Waals surface area (Å²) in [4.78, 5) is 2.41. The lowest BCUT2D eigenvalue weighted by atomic mass is 10.4. The van der Waals surface area contributed by atoms with Crippen LogP contribution in [0.4, 0.5) is 5.69 Å². The summed E-state index contributed by atoms with van der Waals surface area (Å²) >= 11 is 0. The van der Waals surface area contributed by atoms with Crippen molar-refractivity contribution in [3.8, 4) is 0 Å². The Bertz CT molecular complexity index is 293. The normalized spacial score (nSPS) is 17.9. The molecule has 0 amide bonds. The number of hydrogen-bond acceptors (Lipinski definition) is 4. The van der Waals surface area contributed by atoms with E-state index in [1.54, 1.807) is 0 Å². The van der Waals surface area contributed by atoms with Crippen molar-refractivity contribution in [2.45, 2.75) is 6.54 Å². The van der Waals surface area contributed by atoms with Crippen LogP contribution in [-0.4, -0.2) is 54.6 Å². The SMILES string of the molecule is CNc1cnn(CCN2CCOCC2)c1. The average molecular weight is 210 g/mol. The van der Waals surface area contributed by atoms with E-state index in [4.69, 9.17) is 4.74 Å². The minimum atomic E-state index is 0.862. The van der Waals surface area contributed by atoms with E-state index >= 15 is 0 Å². The first kappa shape index (κ1) is 10.4. The summed E-state index contributed by atoms with van der Waals surface area (Å²) in [5.41, 5.74) is 1.07. The molecule has 84 valence electrons. The molecular weight excluding hydrogens is 192 g/mol. The van der Waals surface area contributed by atoms with Crippen LogP contribution in [0, 0.1) is 0 Å². The summed E-state index contributed by atoms with van der Waals surface area (Å²) in [7, 11) is 1.91. The van der Waals surface area contributed by atoms with Gasteiger partial charge in [-0.2, -0.15) is 5.10 Å². The van der Waals surface area contributed by atoms with Crippen LogP contribution < -0.4 is 5.32 Å². The molecule has 2 heterocycles. The van der Waals surface area contributed by atoms with Gasteiger partial charge in [0.1, 0.15) is 0 Å². The van der Waals surface area contributed by atoms with Gasteiger partial charge in [-0.3, -0.25) is 9.58 Å². The minimum Gasteiger partial charge on any atom is -0.386 e. The maximum atomic E-state index is 5.30. The number of morpholine rings is 1. The molecule has 1 N–H and O–H groups in total. The van der Waals surface area contributed by atoms with Crippen LogP contribution in [0.1, 0.15) is 0 Å². The van der Waals surface area contributed by atoms with E-state index in [1.165, 1.54) is 0 Å². The molecule has 5 heteroatoms. The molecule has 0 aromatic carbocycles. The molecule has 0 atom stereocenters. The molecular formula is C10H18N4O. The second kappa shape index (κ2) is 5.14. The molecule has 1 aliphatic rings. The van der Waals surface area contributed by atoms with Gasteiger partial charge >= 0.3 is 0 Å². The number of anilines is 1. The number of aromatic nitrogens is 2. The fraction of sp³-hybridized carbons (Fsp3) is 0.700. The quantitative estimate of drug-likeness (QED) is 0.774. The van der Waals surface area contributed by atoms with Crippen molar-refractivity contribution in [2.75, 3.05) is 45.2 Å². The molecule has 0 aliphatic carbocycles. The molecule has 1 aromatic heterocycles. The minimum absolute atomic E-state index is 0.862. The van der Waals surface area contributed by atoms with E-state index in [0.717, 1.165) is 45.1 Å². The van der Waals surface area contributed by atoms with Gasteiger partial charge in [-0.05, 0) is 0 Å². The Kier molecular flexibility index (Phi) is 3.58. The van der Waals surface area contributed by atoms with Gasteiger partial charge < -0.3 is 10.1 Å². The molecule has 1 fully saturated rings. The topological polar surface area (TPSA) is 42.3 Å². The zero-order valence-electron chi connectivity index (χ0n) is 9.15. The summed E-state index contributed by atoms with van der Waals surface area (Å²) in [6.07, 6.45) is 3.87. The first-order valence-corrected chi connectivity index (χ1v) is 5.39. The smallest absolute Gasteiger partial charge is 0.0723 e. The third-order valence-corrected chi connectivity index (χ3v) is 2.67. The van der Waals surface area contributed by atoms with Gasteiger partial charge in [-0.25, -0.2) is 0 Å². The Morgan fingerprint density at radius 3 is 2.87 bits per heavy atom. The van der Waals surface area contributed by atoms with Gasteiger partial charge in [-0.15, -0.1) is 0 Å². The Hall–Kier alpha value is -1.07. The number of hydrogen-bond donors (Lipinski definition) is 1. The lowest BCUT2D eigenvalue weighted by molar-refractivity contribution is 0.0360. The summed E-state index contributed by atoms with van der Waals surface area (Å²) < 4.78 is 7.27. The van der Waals surface area contributed by atoms with Gasteiger partial charge in [0, 0.05) is 32.9 Å². The number of nitrogens with one attached hydrogen (secondary N) is 1. The molecule has 1 saturated heterocycles. The van der Waals surface area contributed by atoms with Crippen molar-refractivity contribution in [2.24, 2.45) is 0 Å². The lowest BCUT2D eigenvalue weighted by Crippen LogP contribution is -2.38. The maximum absolute atomic E-state index is 5.30. The second-order valence-corrected chi connectivity index (χ2v) is 3.70. The van der Waals surface area contributed by atoms with Crippen molar-refractivity contribution in [1.29, 1.82) is 0 Å². The third-order valence-electron chi connectivity index (χ3n) is 2.67. The van der Waals surface area contributed by atoms with Crippen molar-refractivity contribution < 1.29 is 4.74 Å². The van der Waals surface area contributed by atoms with Gasteiger partial charge in [0.15, 0.2) is 0 Å². The molecule has 0 bridgehead atoms. The summed E-state index contributed by atoms with van der Waals surface area (Å²) in [5, 5.41) is 7.34. The Labute approximate surface area is 90.0 Å². The highest BCUT2D eigenvalue weighted by atomic mass is 16.5. The van der Waals surface area contributed by atoms with Gasteiger partial charge in [0.2, 0.25) is 0 Å². The highest BCUT2D eigenvalue weighted by Gasteiger charge is 2.09. The number of nitrogens with zero attached hydrogens (tertiary/aromatic N) is 3. The largest absolute Gasteiger partial charge is 0.386 e. The van der Waals surface area contributed by atoms with Gasteiger partial charge in [0.25, 0.3) is 0 Å². The van der Waals surface area contributed by atoms with E-state index in [-0.39, 0.29) is 0 Å². The third kappa shape index (κ3) is 2.94.